The predicted molar refractivity (Wildman–Crippen MR) is 69.7 cm³/mol. The number of hydrogen-bond donors (Lipinski definition) is 0. The normalized spacial score (nSPS) is 11.7. The molecule has 0 aliphatic heterocycles. The van der Waals surface area contributed by atoms with E-state index in [1.54, 1.807) is 24.3 Å². The van der Waals surface area contributed by atoms with Crippen molar-refractivity contribution >= 4 is 12.0 Å². The Balaban J connectivity index is 2.88. The van der Waals surface area contributed by atoms with Crippen LogP contribution in [0.3, 0.4) is 0 Å². The van der Waals surface area contributed by atoms with Crippen molar-refractivity contribution in [3.63, 3.8) is 0 Å². The van der Waals surface area contributed by atoms with Crippen LogP contribution in [0.15, 0.2) is 24.3 Å². The molecule has 19 heavy (non-hydrogen) atoms. The van der Waals surface area contributed by atoms with Crippen LogP contribution in [0.4, 0.5) is 0 Å². The first-order chi connectivity index (χ1) is 9.12. The Bertz CT molecular complexity index is 517. The van der Waals surface area contributed by atoms with E-state index >= 15 is 0 Å². The fraction of sp³-hybridized carbons (Fsp3) is 0.286. The Kier molecular flexibility index (Phi) is 5.42. The zero-order valence-corrected chi connectivity index (χ0v) is 11.0. The molecule has 0 amide bonds. The summed E-state index contributed by atoms with van der Waals surface area (Å²) in [5, 5.41) is 8.53. The first kappa shape index (κ1) is 14.6. The Hall–Kier alpha value is -2.48. The van der Waals surface area contributed by atoms with E-state index in [-0.39, 0.29) is 0 Å². The Labute approximate surface area is 112 Å². The van der Waals surface area contributed by atoms with Crippen LogP contribution < -0.4 is 9.47 Å². The van der Waals surface area contributed by atoms with Gasteiger partial charge in [-0.15, -0.1) is 0 Å². The fourth-order valence-corrected chi connectivity index (χ4v) is 1.44. The number of para-hydroxylation sites is 1. The van der Waals surface area contributed by atoms with Gasteiger partial charge in [-0.3, -0.25) is 0 Å². The lowest BCUT2D eigenvalue weighted by Crippen LogP contribution is -2.10. The topological polar surface area (TPSA) is 68.5 Å². The molecule has 0 N–H and O–H groups in total. The van der Waals surface area contributed by atoms with Gasteiger partial charge < -0.3 is 14.2 Å². The maximum absolute atomic E-state index is 11.4. The second-order valence-electron chi connectivity index (χ2n) is 3.62. The van der Waals surface area contributed by atoms with E-state index in [4.69, 9.17) is 19.5 Å². The molecule has 0 aliphatic carbocycles. The third kappa shape index (κ3) is 4.03. The van der Waals surface area contributed by atoms with Crippen LogP contribution in [-0.4, -0.2) is 26.3 Å². The van der Waals surface area contributed by atoms with Gasteiger partial charge in [0.25, 0.3) is 0 Å². The fourth-order valence-electron chi connectivity index (χ4n) is 1.44. The summed E-state index contributed by atoms with van der Waals surface area (Å²) in [5.41, 5.74) is 0.684. The van der Waals surface area contributed by atoms with Gasteiger partial charge in [-0.2, -0.15) is 5.26 Å². The number of ether oxygens (including phenoxy) is 3. The molecule has 5 heteroatoms. The molecule has 1 rings (SSSR count). The van der Waals surface area contributed by atoms with Crippen molar-refractivity contribution in [2.24, 2.45) is 0 Å². The average molecular weight is 261 g/mol. The van der Waals surface area contributed by atoms with Gasteiger partial charge in [-0.05, 0) is 19.1 Å². The molecule has 0 saturated carbocycles. The Morgan fingerprint density at radius 2 is 2.11 bits per heavy atom. The standard InChI is InChI=1S/C14H15NO4/c1-10(9-15)19-13(16)8-7-11-5-4-6-12(17-2)14(11)18-3/h4-8,10H,1-3H3/b8-7+. The minimum Gasteiger partial charge on any atom is -0.493 e. The SMILES string of the molecule is COc1cccc(/C=C/C(=O)OC(C)C#N)c1OC. The first-order valence-electron chi connectivity index (χ1n) is 5.61. The maximum atomic E-state index is 11.4. The zero-order chi connectivity index (χ0) is 14.3. The summed E-state index contributed by atoms with van der Waals surface area (Å²) in [6.07, 6.45) is 2.02. The van der Waals surface area contributed by atoms with E-state index < -0.39 is 12.1 Å². The van der Waals surface area contributed by atoms with Crippen molar-refractivity contribution in [2.75, 3.05) is 14.2 Å². The quantitative estimate of drug-likeness (QED) is 0.600. The molecule has 0 aromatic heterocycles. The van der Waals surface area contributed by atoms with Gasteiger partial charge in [-0.1, -0.05) is 12.1 Å². The number of esters is 1. The molecule has 1 unspecified atom stereocenters. The first-order valence-corrected chi connectivity index (χ1v) is 5.61. The number of rotatable bonds is 5. The lowest BCUT2D eigenvalue weighted by Gasteiger charge is -2.09. The molecule has 0 bridgehead atoms. The summed E-state index contributed by atoms with van der Waals surface area (Å²) in [5.74, 6) is 0.518. The summed E-state index contributed by atoms with van der Waals surface area (Å²) in [7, 11) is 3.06. The summed E-state index contributed by atoms with van der Waals surface area (Å²) in [6, 6.07) is 7.13. The van der Waals surface area contributed by atoms with E-state index in [1.807, 2.05) is 6.07 Å². The molecule has 100 valence electrons. The highest BCUT2D eigenvalue weighted by Gasteiger charge is 2.08. The summed E-state index contributed by atoms with van der Waals surface area (Å²) < 4.78 is 15.2. The van der Waals surface area contributed by atoms with Gasteiger partial charge in [0.15, 0.2) is 17.6 Å². The summed E-state index contributed by atoms with van der Waals surface area (Å²) in [6.45, 7) is 1.50. The van der Waals surface area contributed by atoms with E-state index in [0.717, 1.165) is 0 Å². The Morgan fingerprint density at radius 1 is 1.37 bits per heavy atom. The monoisotopic (exact) mass is 261 g/mol. The number of carbonyl (C=O) groups excluding carboxylic acids is 1. The van der Waals surface area contributed by atoms with Crippen LogP contribution >= 0.6 is 0 Å². The molecular weight excluding hydrogens is 246 g/mol. The van der Waals surface area contributed by atoms with E-state index in [1.165, 1.54) is 27.2 Å². The summed E-state index contributed by atoms with van der Waals surface area (Å²) >= 11 is 0. The number of nitriles is 1. The lowest BCUT2D eigenvalue weighted by molar-refractivity contribution is -0.139. The van der Waals surface area contributed by atoms with Crippen molar-refractivity contribution < 1.29 is 19.0 Å². The van der Waals surface area contributed by atoms with Crippen molar-refractivity contribution in [3.05, 3.63) is 29.8 Å². The van der Waals surface area contributed by atoms with Crippen LogP contribution in [-0.2, 0) is 9.53 Å². The van der Waals surface area contributed by atoms with Crippen LogP contribution in [0.25, 0.3) is 6.08 Å². The van der Waals surface area contributed by atoms with Crippen LogP contribution in [0, 0.1) is 11.3 Å². The predicted octanol–water partition coefficient (Wildman–Crippen LogP) is 2.17. The van der Waals surface area contributed by atoms with Gasteiger partial charge in [0.2, 0.25) is 0 Å². The van der Waals surface area contributed by atoms with Crippen LogP contribution in [0.2, 0.25) is 0 Å². The van der Waals surface area contributed by atoms with Crippen molar-refractivity contribution in [1.29, 1.82) is 5.26 Å². The van der Waals surface area contributed by atoms with Gasteiger partial charge in [0.05, 0.1) is 14.2 Å². The smallest absolute Gasteiger partial charge is 0.332 e. The largest absolute Gasteiger partial charge is 0.493 e. The average Bonchev–Trinajstić information content (AvgIpc) is 2.44. The van der Waals surface area contributed by atoms with Gasteiger partial charge in [0, 0.05) is 11.6 Å². The second kappa shape index (κ2) is 7.07. The van der Waals surface area contributed by atoms with Crippen molar-refractivity contribution in [3.8, 4) is 17.6 Å². The van der Waals surface area contributed by atoms with Gasteiger partial charge in [-0.25, -0.2) is 4.79 Å². The molecule has 1 aromatic carbocycles. The molecule has 0 fully saturated rings. The number of benzene rings is 1. The maximum Gasteiger partial charge on any atom is 0.332 e. The number of carbonyl (C=O) groups is 1. The summed E-state index contributed by atoms with van der Waals surface area (Å²) in [4.78, 5) is 11.4. The molecule has 0 saturated heterocycles. The molecule has 0 aliphatic rings. The molecule has 0 spiro atoms. The van der Waals surface area contributed by atoms with Crippen LogP contribution in [0.1, 0.15) is 12.5 Å². The second-order valence-corrected chi connectivity index (χ2v) is 3.62. The van der Waals surface area contributed by atoms with Crippen molar-refractivity contribution in [1.82, 2.24) is 0 Å². The highest BCUT2D eigenvalue weighted by atomic mass is 16.5. The number of nitrogens with zero attached hydrogens (tertiary/aromatic N) is 1. The zero-order valence-electron chi connectivity index (χ0n) is 11.0. The number of methoxy groups -OCH3 is 2. The molecule has 1 atom stereocenters. The van der Waals surface area contributed by atoms with Crippen molar-refractivity contribution in [2.45, 2.75) is 13.0 Å². The molecule has 1 aromatic rings. The molecule has 0 heterocycles. The van der Waals surface area contributed by atoms with E-state index in [2.05, 4.69) is 0 Å². The third-order valence-corrected chi connectivity index (χ3v) is 2.31. The van der Waals surface area contributed by atoms with Crippen LogP contribution in [0.5, 0.6) is 11.5 Å². The highest BCUT2D eigenvalue weighted by molar-refractivity contribution is 5.88. The minimum absolute atomic E-state index is 0.530. The Morgan fingerprint density at radius 3 is 2.68 bits per heavy atom. The number of hydrogen-bond acceptors (Lipinski definition) is 5. The third-order valence-electron chi connectivity index (χ3n) is 2.31. The van der Waals surface area contributed by atoms with E-state index in [0.29, 0.717) is 17.1 Å². The molecule has 0 radical (unpaired) electrons. The molecular formula is C14H15NO4. The van der Waals surface area contributed by atoms with E-state index in [9.17, 15) is 4.79 Å². The highest BCUT2D eigenvalue weighted by Crippen LogP contribution is 2.31. The van der Waals surface area contributed by atoms with Gasteiger partial charge in [0.1, 0.15) is 6.07 Å². The minimum atomic E-state index is -0.774. The lowest BCUT2D eigenvalue weighted by atomic mass is 10.1. The van der Waals surface area contributed by atoms with Gasteiger partial charge >= 0.3 is 5.97 Å². The molecule has 5 nitrogen and oxygen atoms in total.